The summed E-state index contributed by atoms with van der Waals surface area (Å²) >= 11 is 6.49. The zero-order valence-corrected chi connectivity index (χ0v) is 17.7. The molecule has 0 spiro atoms. The highest BCUT2D eigenvalue weighted by Gasteiger charge is 2.15. The maximum Gasteiger partial charge on any atom is 0.126 e. The van der Waals surface area contributed by atoms with Crippen molar-refractivity contribution in [1.82, 2.24) is 19.9 Å². The fourth-order valence-electron chi connectivity index (χ4n) is 3.91. The fourth-order valence-corrected chi connectivity index (χ4v) is 4.12. The molecule has 0 aliphatic carbocycles. The van der Waals surface area contributed by atoms with Gasteiger partial charge in [-0.05, 0) is 60.8 Å². The average Bonchev–Trinajstić information content (AvgIpc) is 3.13. The molecule has 5 nitrogen and oxygen atoms in total. The zero-order valence-electron chi connectivity index (χ0n) is 17.0. The number of pyridine rings is 1. The van der Waals surface area contributed by atoms with Gasteiger partial charge in [0.2, 0.25) is 0 Å². The van der Waals surface area contributed by atoms with E-state index in [2.05, 4.69) is 26.7 Å². The summed E-state index contributed by atoms with van der Waals surface area (Å²) in [6.45, 7) is 2.53. The minimum Gasteiger partial charge on any atom is -0.370 e. The summed E-state index contributed by atoms with van der Waals surface area (Å²) in [5.74, 6) is 0.575. The maximum absolute atomic E-state index is 13.6. The summed E-state index contributed by atoms with van der Waals surface area (Å²) in [5.41, 5.74) is 4.65. The van der Waals surface area contributed by atoms with Crippen LogP contribution in [0.15, 0.2) is 61.1 Å². The van der Waals surface area contributed by atoms with E-state index in [4.69, 9.17) is 11.6 Å². The summed E-state index contributed by atoms with van der Waals surface area (Å²) in [7, 11) is 0. The van der Waals surface area contributed by atoms with E-state index in [9.17, 15) is 4.39 Å². The van der Waals surface area contributed by atoms with Gasteiger partial charge in [0.05, 0.1) is 22.4 Å². The lowest BCUT2D eigenvalue weighted by molar-refractivity contribution is 0.357. The van der Waals surface area contributed by atoms with Crippen LogP contribution >= 0.6 is 11.6 Å². The first-order valence-corrected chi connectivity index (χ1v) is 10.9. The molecule has 1 aliphatic rings. The summed E-state index contributed by atoms with van der Waals surface area (Å²) < 4.78 is 15.6. The Morgan fingerprint density at radius 3 is 2.87 bits per heavy atom. The molecule has 2 N–H and O–H groups in total. The number of aromatic nitrogens is 3. The second-order valence-electron chi connectivity index (χ2n) is 7.91. The number of nitrogens with one attached hydrogen (secondary N) is 2. The molecule has 3 heterocycles. The van der Waals surface area contributed by atoms with E-state index in [-0.39, 0.29) is 5.82 Å². The van der Waals surface area contributed by atoms with E-state index in [1.807, 2.05) is 28.8 Å². The van der Waals surface area contributed by atoms with Gasteiger partial charge in [0.15, 0.2) is 0 Å². The van der Waals surface area contributed by atoms with Crippen molar-refractivity contribution in [1.29, 1.82) is 0 Å². The highest BCUT2D eigenvalue weighted by Crippen LogP contribution is 2.31. The summed E-state index contributed by atoms with van der Waals surface area (Å²) in [5, 5.41) is 7.41. The van der Waals surface area contributed by atoms with Crippen LogP contribution in [0.5, 0.6) is 0 Å². The third kappa shape index (κ3) is 4.40. The molecule has 0 amide bonds. The Hall–Kier alpha value is -2.96. The van der Waals surface area contributed by atoms with Gasteiger partial charge in [-0.15, -0.1) is 0 Å². The highest BCUT2D eigenvalue weighted by molar-refractivity contribution is 6.33. The SMILES string of the molecule is Fc1cccc(Cn2cnc3ccc(-c4cc(NCCC5CCN5)ncc4Cl)cc32)c1. The largest absolute Gasteiger partial charge is 0.370 e. The number of fused-ring (bicyclic) bond motifs is 1. The maximum atomic E-state index is 13.6. The smallest absolute Gasteiger partial charge is 0.126 e. The van der Waals surface area contributed by atoms with Gasteiger partial charge in [0.25, 0.3) is 0 Å². The van der Waals surface area contributed by atoms with Crippen LogP contribution in [0.4, 0.5) is 10.2 Å². The third-order valence-electron chi connectivity index (χ3n) is 5.75. The minimum atomic E-state index is -0.237. The first kappa shape index (κ1) is 20.0. The van der Waals surface area contributed by atoms with Crippen LogP contribution in [-0.2, 0) is 6.54 Å². The second-order valence-corrected chi connectivity index (χ2v) is 8.32. The average molecular weight is 436 g/mol. The van der Waals surface area contributed by atoms with Crippen molar-refractivity contribution in [2.75, 3.05) is 18.4 Å². The lowest BCUT2D eigenvalue weighted by Crippen LogP contribution is -2.43. The topological polar surface area (TPSA) is 54.8 Å². The monoisotopic (exact) mass is 435 g/mol. The van der Waals surface area contributed by atoms with Gasteiger partial charge < -0.3 is 15.2 Å². The molecule has 4 aromatic rings. The van der Waals surface area contributed by atoms with E-state index in [0.717, 1.165) is 53.1 Å². The Bertz CT molecular complexity index is 1220. The lowest BCUT2D eigenvalue weighted by atomic mass is 10.0. The van der Waals surface area contributed by atoms with Gasteiger partial charge in [0.1, 0.15) is 11.6 Å². The molecular weight excluding hydrogens is 413 g/mol. The van der Waals surface area contributed by atoms with Crippen LogP contribution in [0.1, 0.15) is 18.4 Å². The number of nitrogens with zero attached hydrogens (tertiary/aromatic N) is 3. The fraction of sp³-hybridized carbons (Fsp3) is 0.250. The third-order valence-corrected chi connectivity index (χ3v) is 6.06. The quantitative estimate of drug-likeness (QED) is 0.424. The van der Waals surface area contributed by atoms with E-state index in [1.54, 1.807) is 24.7 Å². The van der Waals surface area contributed by atoms with Crippen LogP contribution in [0.2, 0.25) is 5.02 Å². The lowest BCUT2D eigenvalue weighted by Gasteiger charge is -2.27. The number of imidazole rings is 1. The number of benzene rings is 2. The van der Waals surface area contributed by atoms with Crippen molar-refractivity contribution in [3.05, 3.63) is 77.5 Å². The van der Waals surface area contributed by atoms with Crippen molar-refractivity contribution < 1.29 is 4.39 Å². The molecule has 1 unspecified atom stereocenters. The van der Waals surface area contributed by atoms with Crippen molar-refractivity contribution >= 4 is 28.5 Å². The molecule has 5 rings (SSSR count). The van der Waals surface area contributed by atoms with E-state index in [1.165, 1.54) is 12.5 Å². The zero-order chi connectivity index (χ0) is 21.2. The Balaban J connectivity index is 1.41. The highest BCUT2D eigenvalue weighted by atomic mass is 35.5. The van der Waals surface area contributed by atoms with E-state index in [0.29, 0.717) is 17.6 Å². The second kappa shape index (κ2) is 8.65. The van der Waals surface area contributed by atoms with Crippen LogP contribution in [-0.4, -0.2) is 33.7 Å². The summed E-state index contributed by atoms with van der Waals surface area (Å²) in [6.07, 6.45) is 5.79. The van der Waals surface area contributed by atoms with Gasteiger partial charge in [-0.3, -0.25) is 0 Å². The van der Waals surface area contributed by atoms with E-state index >= 15 is 0 Å². The van der Waals surface area contributed by atoms with Gasteiger partial charge in [-0.2, -0.15) is 0 Å². The van der Waals surface area contributed by atoms with Crippen LogP contribution in [0.3, 0.4) is 0 Å². The molecule has 1 aliphatic heterocycles. The molecule has 7 heteroatoms. The Kier molecular flexibility index (Phi) is 5.57. The molecule has 1 atom stereocenters. The Morgan fingerprint density at radius 1 is 1.16 bits per heavy atom. The minimum absolute atomic E-state index is 0.237. The summed E-state index contributed by atoms with van der Waals surface area (Å²) in [4.78, 5) is 8.91. The molecule has 1 saturated heterocycles. The Morgan fingerprint density at radius 2 is 2.06 bits per heavy atom. The van der Waals surface area contributed by atoms with Crippen molar-refractivity contribution in [3.63, 3.8) is 0 Å². The molecule has 2 aromatic heterocycles. The number of rotatable bonds is 7. The normalized spacial score (nSPS) is 15.7. The Labute approximate surface area is 185 Å². The van der Waals surface area contributed by atoms with Gasteiger partial charge >= 0.3 is 0 Å². The van der Waals surface area contributed by atoms with E-state index < -0.39 is 0 Å². The molecule has 31 heavy (non-hydrogen) atoms. The van der Waals surface area contributed by atoms with Crippen LogP contribution < -0.4 is 10.6 Å². The van der Waals surface area contributed by atoms with Crippen molar-refractivity contribution in [2.24, 2.45) is 0 Å². The first-order chi connectivity index (χ1) is 15.2. The van der Waals surface area contributed by atoms with Gasteiger partial charge in [0, 0.05) is 30.9 Å². The molecular formula is C24H23ClFN5. The molecule has 2 aromatic carbocycles. The van der Waals surface area contributed by atoms with Gasteiger partial charge in [-0.25, -0.2) is 14.4 Å². The first-order valence-electron chi connectivity index (χ1n) is 10.5. The predicted octanol–water partition coefficient (Wildman–Crippen LogP) is 5.10. The molecule has 0 radical (unpaired) electrons. The molecule has 1 fully saturated rings. The summed E-state index contributed by atoms with van der Waals surface area (Å²) in [6, 6.07) is 15.3. The van der Waals surface area contributed by atoms with Crippen LogP contribution in [0.25, 0.3) is 22.2 Å². The number of halogens is 2. The van der Waals surface area contributed by atoms with Crippen molar-refractivity contribution in [2.45, 2.75) is 25.4 Å². The number of hydrogen-bond donors (Lipinski definition) is 2. The van der Waals surface area contributed by atoms with Gasteiger partial charge in [-0.1, -0.05) is 29.8 Å². The number of anilines is 1. The molecule has 0 saturated carbocycles. The number of hydrogen-bond acceptors (Lipinski definition) is 4. The molecule has 0 bridgehead atoms. The predicted molar refractivity (Wildman–Crippen MR) is 123 cm³/mol. The van der Waals surface area contributed by atoms with Crippen molar-refractivity contribution in [3.8, 4) is 11.1 Å². The molecule has 158 valence electrons. The van der Waals surface area contributed by atoms with Crippen LogP contribution in [0, 0.1) is 5.82 Å². The standard InChI is InChI=1S/C24H23ClFN5/c25-21-13-29-24(28-9-7-19-6-8-27-19)12-20(21)17-4-5-22-23(11-17)31(15-30-22)14-16-2-1-3-18(26)10-16/h1-5,10-13,15,19,27H,6-9,14H2,(H,28,29).